The smallest absolute Gasteiger partial charge is 0.253 e. The number of ether oxygens (including phenoxy) is 3. The molecule has 7 nitrogen and oxygen atoms in total. The first-order valence-corrected chi connectivity index (χ1v) is 8.29. The Balaban J connectivity index is 1.77. The van der Waals surface area contributed by atoms with E-state index in [1.165, 1.54) is 0 Å². The second kappa shape index (κ2) is 8.15. The van der Waals surface area contributed by atoms with Crippen LogP contribution in [0.1, 0.15) is 16.7 Å². The van der Waals surface area contributed by atoms with E-state index < -0.39 is 0 Å². The molecule has 0 amide bonds. The van der Waals surface area contributed by atoms with Gasteiger partial charge in [-0.1, -0.05) is 24.3 Å². The molecule has 0 unspecified atom stereocenters. The van der Waals surface area contributed by atoms with E-state index in [4.69, 9.17) is 19.9 Å². The van der Waals surface area contributed by atoms with E-state index in [0.717, 1.165) is 22.6 Å². The van der Waals surface area contributed by atoms with Gasteiger partial charge >= 0.3 is 0 Å². The normalized spacial score (nSPS) is 10.3. The lowest BCUT2D eigenvalue weighted by Gasteiger charge is -2.06. The van der Waals surface area contributed by atoms with Crippen molar-refractivity contribution >= 4 is 5.82 Å². The predicted octanol–water partition coefficient (Wildman–Crippen LogP) is 2.98. The molecule has 1 aromatic heterocycles. The molecule has 0 atom stereocenters. The molecule has 0 fully saturated rings. The van der Waals surface area contributed by atoms with Gasteiger partial charge in [-0.2, -0.15) is 5.26 Å². The zero-order valence-electron chi connectivity index (χ0n) is 15.2. The van der Waals surface area contributed by atoms with Crippen LogP contribution in [0.5, 0.6) is 17.4 Å². The van der Waals surface area contributed by atoms with Gasteiger partial charge in [-0.25, -0.2) is 4.68 Å². The second-order valence-corrected chi connectivity index (χ2v) is 5.82. The highest BCUT2D eigenvalue weighted by atomic mass is 16.5. The fourth-order valence-electron chi connectivity index (χ4n) is 2.60. The van der Waals surface area contributed by atoms with E-state index in [2.05, 4.69) is 11.2 Å². The first-order valence-electron chi connectivity index (χ1n) is 8.29. The van der Waals surface area contributed by atoms with Crippen molar-refractivity contribution in [3.8, 4) is 23.4 Å². The van der Waals surface area contributed by atoms with Crippen LogP contribution in [0.25, 0.3) is 0 Å². The zero-order valence-corrected chi connectivity index (χ0v) is 15.2. The SMILES string of the molecule is COc1ccc(Cn2nc(OCc3cccc(OC)c3)c(C#N)c2N)cc1. The highest BCUT2D eigenvalue weighted by Gasteiger charge is 2.17. The van der Waals surface area contributed by atoms with Crippen LogP contribution in [0.4, 0.5) is 5.82 Å². The Hall–Kier alpha value is -3.66. The molecule has 27 heavy (non-hydrogen) atoms. The first kappa shape index (κ1) is 18.1. The van der Waals surface area contributed by atoms with Gasteiger partial charge in [0.25, 0.3) is 5.88 Å². The van der Waals surface area contributed by atoms with E-state index in [1.807, 2.05) is 48.5 Å². The maximum atomic E-state index is 9.43. The van der Waals surface area contributed by atoms with Crippen molar-refractivity contribution in [2.45, 2.75) is 13.2 Å². The van der Waals surface area contributed by atoms with E-state index in [0.29, 0.717) is 6.54 Å². The number of nitrogens with two attached hydrogens (primary N) is 1. The lowest BCUT2D eigenvalue weighted by molar-refractivity contribution is 0.288. The van der Waals surface area contributed by atoms with Crippen molar-refractivity contribution in [2.75, 3.05) is 20.0 Å². The van der Waals surface area contributed by atoms with Crippen molar-refractivity contribution in [2.24, 2.45) is 0 Å². The molecule has 3 aromatic rings. The van der Waals surface area contributed by atoms with Crippen LogP contribution in [0, 0.1) is 11.3 Å². The molecular formula is C20H20N4O3. The highest BCUT2D eigenvalue weighted by Crippen LogP contribution is 2.25. The third-order valence-electron chi connectivity index (χ3n) is 4.07. The minimum Gasteiger partial charge on any atom is -0.497 e. The summed E-state index contributed by atoms with van der Waals surface area (Å²) < 4.78 is 17.7. The summed E-state index contributed by atoms with van der Waals surface area (Å²) in [5.41, 5.74) is 8.20. The number of nitrogen functional groups attached to an aromatic ring is 1. The second-order valence-electron chi connectivity index (χ2n) is 5.82. The standard InChI is InChI=1S/C20H20N4O3/c1-25-16-8-6-14(7-9-16)12-24-19(22)18(11-21)20(23-24)27-13-15-4-3-5-17(10-15)26-2/h3-10H,12-13,22H2,1-2H3. The Morgan fingerprint density at radius 2 is 1.78 bits per heavy atom. The van der Waals surface area contributed by atoms with Gasteiger partial charge in [0.05, 0.1) is 20.8 Å². The summed E-state index contributed by atoms with van der Waals surface area (Å²) in [5, 5.41) is 13.8. The molecule has 3 rings (SSSR count). The Morgan fingerprint density at radius 1 is 1.04 bits per heavy atom. The number of aromatic nitrogens is 2. The van der Waals surface area contributed by atoms with Crippen LogP contribution >= 0.6 is 0 Å². The van der Waals surface area contributed by atoms with Crippen molar-refractivity contribution in [1.29, 1.82) is 5.26 Å². The van der Waals surface area contributed by atoms with Gasteiger partial charge in [0, 0.05) is 0 Å². The molecule has 0 aliphatic carbocycles. The Kier molecular flexibility index (Phi) is 5.47. The van der Waals surface area contributed by atoms with Crippen LogP contribution in [0.2, 0.25) is 0 Å². The molecule has 2 aromatic carbocycles. The minimum absolute atomic E-state index is 0.214. The van der Waals surface area contributed by atoms with Gasteiger partial charge < -0.3 is 19.9 Å². The molecule has 2 N–H and O–H groups in total. The summed E-state index contributed by atoms with van der Waals surface area (Å²) >= 11 is 0. The van der Waals surface area contributed by atoms with Crippen LogP contribution in [-0.2, 0) is 13.2 Å². The quantitative estimate of drug-likeness (QED) is 0.692. The Morgan fingerprint density at radius 3 is 2.44 bits per heavy atom. The lowest BCUT2D eigenvalue weighted by Crippen LogP contribution is -2.06. The minimum atomic E-state index is 0.214. The van der Waals surface area contributed by atoms with E-state index in [9.17, 15) is 5.26 Å². The van der Waals surface area contributed by atoms with Crippen molar-refractivity contribution in [3.05, 3.63) is 65.2 Å². The number of benzene rings is 2. The molecule has 0 aliphatic heterocycles. The van der Waals surface area contributed by atoms with Crippen LogP contribution in [-0.4, -0.2) is 24.0 Å². The summed E-state index contributed by atoms with van der Waals surface area (Å²) in [6.07, 6.45) is 0. The van der Waals surface area contributed by atoms with Gasteiger partial charge in [-0.3, -0.25) is 0 Å². The maximum absolute atomic E-state index is 9.43. The molecule has 0 radical (unpaired) electrons. The molecule has 0 saturated carbocycles. The average molecular weight is 364 g/mol. The van der Waals surface area contributed by atoms with Crippen LogP contribution in [0.15, 0.2) is 48.5 Å². The zero-order chi connectivity index (χ0) is 19.2. The summed E-state index contributed by atoms with van der Waals surface area (Å²) in [4.78, 5) is 0. The lowest BCUT2D eigenvalue weighted by atomic mass is 10.2. The summed E-state index contributed by atoms with van der Waals surface area (Å²) in [6.45, 7) is 0.678. The van der Waals surface area contributed by atoms with Crippen LogP contribution < -0.4 is 19.9 Å². The summed E-state index contributed by atoms with van der Waals surface area (Å²) in [5.74, 6) is 1.99. The third kappa shape index (κ3) is 4.12. The fourth-order valence-corrected chi connectivity index (χ4v) is 2.60. The number of nitriles is 1. The molecule has 0 bridgehead atoms. The topological polar surface area (TPSA) is 95.3 Å². The number of anilines is 1. The molecule has 0 spiro atoms. The highest BCUT2D eigenvalue weighted by molar-refractivity contribution is 5.55. The summed E-state index contributed by atoms with van der Waals surface area (Å²) in [6, 6.07) is 17.1. The van der Waals surface area contributed by atoms with Crippen molar-refractivity contribution < 1.29 is 14.2 Å². The first-order chi connectivity index (χ1) is 13.1. The Bertz CT molecular complexity index is 958. The largest absolute Gasteiger partial charge is 0.497 e. The maximum Gasteiger partial charge on any atom is 0.253 e. The third-order valence-corrected chi connectivity index (χ3v) is 4.07. The van der Waals surface area contributed by atoms with E-state index >= 15 is 0 Å². The number of hydrogen-bond donors (Lipinski definition) is 1. The molecular weight excluding hydrogens is 344 g/mol. The van der Waals surface area contributed by atoms with E-state index in [1.54, 1.807) is 18.9 Å². The van der Waals surface area contributed by atoms with Crippen molar-refractivity contribution in [3.63, 3.8) is 0 Å². The number of nitrogens with zero attached hydrogens (tertiary/aromatic N) is 3. The van der Waals surface area contributed by atoms with Crippen molar-refractivity contribution in [1.82, 2.24) is 9.78 Å². The van der Waals surface area contributed by atoms with Gasteiger partial charge in [-0.15, -0.1) is 5.10 Å². The van der Waals surface area contributed by atoms with Gasteiger partial charge in [-0.05, 0) is 35.4 Å². The molecule has 0 aliphatic rings. The number of hydrogen-bond acceptors (Lipinski definition) is 6. The Labute approximate surface area is 157 Å². The van der Waals surface area contributed by atoms with Gasteiger partial charge in [0.2, 0.25) is 0 Å². The van der Waals surface area contributed by atoms with Gasteiger partial charge in [0.15, 0.2) is 5.56 Å². The molecule has 1 heterocycles. The summed E-state index contributed by atoms with van der Waals surface area (Å²) in [7, 11) is 3.22. The molecule has 0 saturated heterocycles. The van der Waals surface area contributed by atoms with Crippen LogP contribution in [0.3, 0.4) is 0 Å². The average Bonchev–Trinajstić information content (AvgIpc) is 3.01. The van der Waals surface area contributed by atoms with E-state index in [-0.39, 0.29) is 23.9 Å². The monoisotopic (exact) mass is 364 g/mol. The predicted molar refractivity (Wildman–Crippen MR) is 101 cm³/mol. The molecule has 7 heteroatoms. The molecule has 138 valence electrons. The van der Waals surface area contributed by atoms with Gasteiger partial charge in [0.1, 0.15) is 30.0 Å². The number of methoxy groups -OCH3 is 2. The number of rotatable bonds is 7. The fraction of sp³-hybridized carbons (Fsp3) is 0.200.